The van der Waals surface area contributed by atoms with Gasteiger partial charge in [-0.05, 0) is 51.2 Å². The van der Waals surface area contributed by atoms with Crippen LogP contribution in [0.25, 0.3) is 11.5 Å². The Morgan fingerprint density at radius 3 is 2.75 bits per heavy atom. The molecular formula is C21H24N6S. The van der Waals surface area contributed by atoms with Crippen molar-refractivity contribution in [2.45, 2.75) is 45.1 Å². The number of piperidine rings is 1. The summed E-state index contributed by atoms with van der Waals surface area (Å²) in [5.41, 5.74) is 4.50. The topological polar surface area (TPSA) is 66.8 Å². The van der Waals surface area contributed by atoms with Crippen molar-refractivity contribution >= 4 is 22.3 Å². The smallest absolute Gasteiger partial charge is 0.183 e. The molecule has 0 bridgehead atoms. The zero-order valence-electron chi connectivity index (χ0n) is 16.1. The lowest BCUT2D eigenvalue weighted by Crippen LogP contribution is -2.40. The lowest BCUT2D eigenvalue weighted by Gasteiger charge is -2.34. The summed E-state index contributed by atoms with van der Waals surface area (Å²) < 4.78 is 0. The van der Waals surface area contributed by atoms with Crippen molar-refractivity contribution < 1.29 is 0 Å². The number of nitrogens with one attached hydrogen (secondary N) is 1. The first kappa shape index (κ1) is 17.6. The fourth-order valence-corrected chi connectivity index (χ4v) is 4.88. The lowest BCUT2D eigenvalue weighted by molar-refractivity contribution is 0.522. The Hall–Kier alpha value is -2.54. The number of nitrogens with zero attached hydrogens (tertiary/aromatic N) is 5. The fourth-order valence-electron chi connectivity index (χ4n) is 4.11. The predicted molar refractivity (Wildman–Crippen MR) is 113 cm³/mol. The molecule has 1 aliphatic carbocycles. The third-order valence-electron chi connectivity index (χ3n) is 5.55. The summed E-state index contributed by atoms with van der Waals surface area (Å²) in [7, 11) is 0. The molecule has 1 saturated heterocycles. The molecule has 144 valence electrons. The van der Waals surface area contributed by atoms with Gasteiger partial charge in [-0.25, -0.2) is 15.0 Å². The average Bonchev–Trinajstić information content (AvgIpc) is 3.37. The summed E-state index contributed by atoms with van der Waals surface area (Å²) in [6, 6.07) is 6.40. The van der Waals surface area contributed by atoms with E-state index in [-0.39, 0.29) is 0 Å². The van der Waals surface area contributed by atoms with E-state index in [1.807, 2.05) is 31.3 Å². The first-order valence-corrected chi connectivity index (χ1v) is 10.9. The van der Waals surface area contributed by atoms with Gasteiger partial charge in [0.1, 0.15) is 11.5 Å². The molecule has 1 N–H and O–H groups in total. The molecule has 2 aliphatic rings. The molecule has 1 fully saturated rings. The number of hydrogen-bond donors (Lipinski definition) is 1. The summed E-state index contributed by atoms with van der Waals surface area (Å²) in [6.45, 7) is 4.05. The van der Waals surface area contributed by atoms with Crippen molar-refractivity contribution in [2.24, 2.45) is 0 Å². The van der Waals surface area contributed by atoms with Gasteiger partial charge in [0.05, 0.1) is 5.69 Å². The second kappa shape index (κ2) is 7.47. The maximum Gasteiger partial charge on any atom is 0.183 e. The largest absolute Gasteiger partial charge is 0.359 e. The molecule has 0 amide bonds. The minimum Gasteiger partial charge on any atom is -0.359 e. The SMILES string of the molecule is Cc1csc(NC2CCN(c3nc(-c4ccccn4)nc4c3CCC4)CC2)n1. The van der Waals surface area contributed by atoms with Gasteiger partial charge in [-0.15, -0.1) is 11.3 Å². The van der Waals surface area contributed by atoms with E-state index in [4.69, 9.17) is 9.97 Å². The third-order valence-corrected chi connectivity index (χ3v) is 6.44. The van der Waals surface area contributed by atoms with Crippen molar-refractivity contribution in [2.75, 3.05) is 23.3 Å². The van der Waals surface area contributed by atoms with E-state index >= 15 is 0 Å². The highest BCUT2D eigenvalue weighted by atomic mass is 32.1. The highest BCUT2D eigenvalue weighted by Crippen LogP contribution is 2.32. The van der Waals surface area contributed by atoms with Gasteiger partial charge >= 0.3 is 0 Å². The highest BCUT2D eigenvalue weighted by molar-refractivity contribution is 7.13. The first-order valence-electron chi connectivity index (χ1n) is 10.0. The van der Waals surface area contributed by atoms with E-state index in [2.05, 4.69) is 25.6 Å². The zero-order valence-corrected chi connectivity index (χ0v) is 16.9. The van der Waals surface area contributed by atoms with Crippen LogP contribution in [0, 0.1) is 6.92 Å². The zero-order chi connectivity index (χ0) is 18.9. The Kier molecular flexibility index (Phi) is 4.68. The van der Waals surface area contributed by atoms with Crippen LogP contribution in [0.5, 0.6) is 0 Å². The number of aryl methyl sites for hydroxylation is 2. The van der Waals surface area contributed by atoms with Crippen LogP contribution in [0.4, 0.5) is 10.9 Å². The van der Waals surface area contributed by atoms with E-state index < -0.39 is 0 Å². The molecule has 3 aromatic heterocycles. The van der Waals surface area contributed by atoms with Gasteiger partial charge in [0, 0.05) is 42.0 Å². The standard InChI is InChI=1S/C21H24N6S/c1-14-13-28-21(23-14)24-15-8-11-27(12-9-15)20-16-5-4-7-17(16)25-19(26-20)18-6-2-3-10-22-18/h2-3,6,10,13,15H,4-5,7-9,11-12H2,1H3,(H,23,24). The maximum atomic E-state index is 4.97. The molecule has 1 aliphatic heterocycles. The number of hydrogen-bond acceptors (Lipinski definition) is 7. The summed E-state index contributed by atoms with van der Waals surface area (Å²) in [6.07, 6.45) is 7.30. The minimum atomic E-state index is 0.479. The van der Waals surface area contributed by atoms with Gasteiger partial charge in [-0.3, -0.25) is 4.98 Å². The van der Waals surface area contributed by atoms with E-state index in [9.17, 15) is 0 Å². The van der Waals surface area contributed by atoms with E-state index in [0.29, 0.717) is 6.04 Å². The Morgan fingerprint density at radius 1 is 1.11 bits per heavy atom. The minimum absolute atomic E-state index is 0.479. The van der Waals surface area contributed by atoms with Crippen LogP contribution in [0.3, 0.4) is 0 Å². The molecule has 5 rings (SSSR count). The molecule has 0 spiro atoms. The van der Waals surface area contributed by atoms with Crippen molar-refractivity contribution in [1.82, 2.24) is 19.9 Å². The van der Waals surface area contributed by atoms with Crippen LogP contribution < -0.4 is 10.2 Å². The molecule has 3 aromatic rings. The van der Waals surface area contributed by atoms with E-state index in [1.54, 1.807) is 11.3 Å². The predicted octanol–water partition coefficient (Wildman–Crippen LogP) is 3.87. The van der Waals surface area contributed by atoms with Crippen molar-refractivity contribution in [3.8, 4) is 11.5 Å². The molecule has 0 radical (unpaired) electrons. The second-order valence-electron chi connectivity index (χ2n) is 7.56. The van der Waals surface area contributed by atoms with Crippen LogP contribution >= 0.6 is 11.3 Å². The highest BCUT2D eigenvalue weighted by Gasteiger charge is 2.27. The quantitative estimate of drug-likeness (QED) is 0.727. The molecule has 4 heterocycles. The van der Waals surface area contributed by atoms with Crippen LogP contribution in [0.15, 0.2) is 29.8 Å². The molecule has 6 nitrogen and oxygen atoms in total. The molecule has 0 saturated carbocycles. The number of fused-ring (bicyclic) bond motifs is 1. The second-order valence-corrected chi connectivity index (χ2v) is 8.42. The van der Waals surface area contributed by atoms with Crippen LogP contribution in [-0.4, -0.2) is 39.1 Å². The number of thiazole rings is 1. The number of pyridine rings is 1. The number of anilines is 2. The van der Waals surface area contributed by atoms with Gasteiger partial charge in [0.25, 0.3) is 0 Å². The lowest BCUT2D eigenvalue weighted by atomic mass is 10.0. The summed E-state index contributed by atoms with van der Waals surface area (Å²) >= 11 is 1.69. The van der Waals surface area contributed by atoms with Gasteiger partial charge in [-0.1, -0.05) is 6.07 Å². The maximum absolute atomic E-state index is 4.97. The normalized spacial score (nSPS) is 17.0. The fraction of sp³-hybridized carbons (Fsp3) is 0.429. The molecule has 0 atom stereocenters. The Morgan fingerprint density at radius 2 is 2.00 bits per heavy atom. The molecular weight excluding hydrogens is 368 g/mol. The van der Waals surface area contributed by atoms with Crippen molar-refractivity contribution in [3.05, 3.63) is 46.7 Å². The van der Waals surface area contributed by atoms with Gasteiger partial charge < -0.3 is 10.2 Å². The molecule has 0 unspecified atom stereocenters. The van der Waals surface area contributed by atoms with Crippen molar-refractivity contribution in [1.29, 1.82) is 0 Å². The third kappa shape index (κ3) is 3.46. The van der Waals surface area contributed by atoms with Crippen LogP contribution in [0.2, 0.25) is 0 Å². The first-order chi connectivity index (χ1) is 13.8. The Labute approximate surface area is 169 Å². The monoisotopic (exact) mass is 392 g/mol. The summed E-state index contributed by atoms with van der Waals surface area (Å²) in [5, 5.41) is 6.74. The van der Waals surface area contributed by atoms with Crippen LogP contribution in [0.1, 0.15) is 36.2 Å². The van der Waals surface area contributed by atoms with E-state index in [0.717, 1.165) is 66.9 Å². The Balaban J connectivity index is 1.36. The van der Waals surface area contributed by atoms with E-state index in [1.165, 1.54) is 17.7 Å². The van der Waals surface area contributed by atoms with Crippen molar-refractivity contribution in [3.63, 3.8) is 0 Å². The number of rotatable bonds is 4. The van der Waals surface area contributed by atoms with Crippen LogP contribution in [-0.2, 0) is 12.8 Å². The van der Waals surface area contributed by atoms with Gasteiger partial charge in [-0.2, -0.15) is 0 Å². The summed E-state index contributed by atoms with van der Waals surface area (Å²) in [4.78, 5) is 21.3. The Bertz CT molecular complexity index is 962. The molecule has 28 heavy (non-hydrogen) atoms. The molecule has 0 aromatic carbocycles. The molecule has 7 heteroatoms. The van der Waals surface area contributed by atoms with Gasteiger partial charge in [0.15, 0.2) is 11.0 Å². The number of aromatic nitrogens is 4. The average molecular weight is 393 g/mol. The van der Waals surface area contributed by atoms with Gasteiger partial charge in [0.2, 0.25) is 0 Å². The summed E-state index contributed by atoms with van der Waals surface area (Å²) in [5.74, 6) is 1.89.